The molecule has 1 aliphatic heterocycles. The van der Waals surface area contributed by atoms with E-state index in [1.807, 2.05) is 45.0 Å². The van der Waals surface area contributed by atoms with Gasteiger partial charge < -0.3 is 30.7 Å². The zero-order valence-corrected chi connectivity index (χ0v) is 23.4. The summed E-state index contributed by atoms with van der Waals surface area (Å²) in [6.45, 7) is 15.1. The van der Waals surface area contributed by atoms with Gasteiger partial charge in [0.2, 0.25) is 5.95 Å². The van der Waals surface area contributed by atoms with Crippen LogP contribution in [0, 0.1) is 5.92 Å². The predicted octanol–water partition coefficient (Wildman–Crippen LogP) is 5.12. The van der Waals surface area contributed by atoms with Gasteiger partial charge in [0.25, 0.3) is 0 Å². The standard InChI is InChI=1S/C18H27N5O2.C6H13N.C2H6.C2H4/c1-22(2)18-20-14-12-16(15(24-3)11-13(14)17(19)21-18)25-10-6-9-23-7-4-5-8-23;7-5-6-3-1-2-4-6;2*1-2/h11-12H,4-10H2,1-3H3,(H2,19,20,21);6H,1-5,7H2;1-2H3;1-2H2. The van der Waals surface area contributed by atoms with Crippen LogP contribution in [0.3, 0.4) is 0 Å². The number of hydrogen-bond donors (Lipinski definition) is 2. The van der Waals surface area contributed by atoms with Gasteiger partial charge in [-0.15, -0.1) is 13.2 Å². The molecule has 1 saturated carbocycles. The molecule has 4 rings (SSSR count). The fraction of sp³-hybridized carbons (Fsp3) is 0.643. The minimum absolute atomic E-state index is 0.438. The molecule has 36 heavy (non-hydrogen) atoms. The summed E-state index contributed by atoms with van der Waals surface area (Å²) < 4.78 is 11.4. The SMILES string of the molecule is C=C.CC.COc1cc2c(N)nc(N(C)C)nc2cc1OCCCN1CCCC1.NCC1CCCC1. The van der Waals surface area contributed by atoms with Gasteiger partial charge in [0, 0.05) is 32.1 Å². The molecule has 0 unspecified atom stereocenters. The van der Waals surface area contributed by atoms with Crippen molar-refractivity contribution in [2.75, 3.05) is 64.6 Å². The maximum absolute atomic E-state index is 6.08. The summed E-state index contributed by atoms with van der Waals surface area (Å²) in [6, 6.07) is 3.73. The van der Waals surface area contributed by atoms with E-state index in [4.69, 9.17) is 20.9 Å². The van der Waals surface area contributed by atoms with E-state index in [2.05, 4.69) is 28.0 Å². The third-order valence-corrected chi connectivity index (χ3v) is 6.28. The van der Waals surface area contributed by atoms with Crippen LogP contribution in [0.2, 0.25) is 0 Å². The molecule has 2 heterocycles. The normalized spacial score (nSPS) is 15.2. The predicted molar refractivity (Wildman–Crippen MR) is 154 cm³/mol. The number of nitrogens with two attached hydrogens (primary N) is 2. The van der Waals surface area contributed by atoms with Gasteiger partial charge in [-0.3, -0.25) is 0 Å². The molecule has 0 radical (unpaired) electrons. The van der Waals surface area contributed by atoms with E-state index < -0.39 is 0 Å². The van der Waals surface area contributed by atoms with Crippen molar-refractivity contribution >= 4 is 22.7 Å². The molecule has 204 valence electrons. The molecule has 1 saturated heterocycles. The molecule has 0 spiro atoms. The topological polar surface area (TPSA) is 103 Å². The van der Waals surface area contributed by atoms with Crippen LogP contribution in [-0.2, 0) is 0 Å². The van der Waals surface area contributed by atoms with Crippen LogP contribution in [0.5, 0.6) is 11.5 Å². The molecular formula is C28H50N6O2. The number of fused-ring (bicyclic) bond motifs is 1. The summed E-state index contributed by atoms with van der Waals surface area (Å²) in [4.78, 5) is 13.2. The van der Waals surface area contributed by atoms with Gasteiger partial charge in [-0.05, 0) is 63.7 Å². The van der Waals surface area contributed by atoms with E-state index in [-0.39, 0.29) is 0 Å². The number of hydrogen-bond acceptors (Lipinski definition) is 8. The smallest absolute Gasteiger partial charge is 0.227 e. The fourth-order valence-electron chi connectivity index (χ4n) is 4.34. The van der Waals surface area contributed by atoms with Crippen molar-refractivity contribution in [3.63, 3.8) is 0 Å². The number of benzene rings is 1. The Labute approximate surface area is 219 Å². The second kappa shape index (κ2) is 17.8. The van der Waals surface area contributed by atoms with Crippen LogP contribution in [0.1, 0.15) is 58.8 Å². The minimum atomic E-state index is 0.438. The van der Waals surface area contributed by atoms with Crippen molar-refractivity contribution in [2.24, 2.45) is 11.7 Å². The van der Waals surface area contributed by atoms with Crippen molar-refractivity contribution in [3.05, 3.63) is 25.3 Å². The van der Waals surface area contributed by atoms with Crippen molar-refractivity contribution in [1.29, 1.82) is 0 Å². The molecule has 2 aromatic rings. The average Bonchev–Trinajstić information content (AvgIpc) is 3.63. The third kappa shape index (κ3) is 9.82. The molecular weight excluding hydrogens is 452 g/mol. The van der Waals surface area contributed by atoms with E-state index >= 15 is 0 Å². The molecule has 1 aliphatic carbocycles. The van der Waals surface area contributed by atoms with Crippen LogP contribution in [0.25, 0.3) is 10.9 Å². The first kappa shape index (κ1) is 31.4. The lowest BCUT2D eigenvalue weighted by molar-refractivity contribution is 0.254. The van der Waals surface area contributed by atoms with Crippen LogP contribution in [-0.4, -0.2) is 68.9 Å². The molecule has 8 heteroatoms. The third-order valence-electron chi connectivity index (χ3n) is 6.28. The summed E-state index contributed by atoms with van der Waals surface area (Å²) in [5.41, 5.74) is 12.3. The summed E-state index contributed by atoms with van der Waals surface area (Å²) in [7, 11) is 5.41. The maximum Gasteiger partial charge on any atom is 0.227 e. The highest BCUT2D eigenvalue weighted by Gasteiger charge is 2.14. The van der Waals surface area contributed by atoms with E-state index in [0.29, 0.717) is 29.9 Å². The summed E-state index contributed by atoms with van der Waals surface area (Å²) in [5, 5.41) is 0.770. The van der Waals surface area contributed by atoms with Crippen molar-refractivity contribution in [1.82, 2.24) is 14.9 Å². The molecule has 1 aromatic heterocycles. The highest BCUT2D eigenvalue weighted by Crippen LogP contribution is 2.34. The Hall–Kier alpha value is -2.58. The summed E-state index contributed by atoms with van der Waals surface area (Å²) in [5.74, 6) is 3.24. The van der Waals surface area contributed by atoms with Crippen molar-refractivity contribution < 1.29 is 9.47 Å². The Morgan fingerprint density at radius 2 is 1.67 bits per heavy atom. The Kier molecular flexibility index (Phi) is 15.5. The van der Waals surface area contributed by atoms with Crippen LogP contribution in [0.4, 0.5) is 11.8 Å². The Morgan fingerprint density at radius 3 is 2.19 bits per heavy atom. The Balaban J connectivity index is 0.000000496. The fourth-order valence-corrected chi connectivity index (χ4v) is 4.34. The molecule has 0 amide bonds. The second-order valence-corrected chi connectivity index (χ2v) is 8.96. The number of ether oxygens (including phenoxy) is 2. The molecule has 4 N–H and O–H groups in total. The second-order valence-electron chi connectivity index (χ2n) is 8.96. The van der Waals surface area contributed by atoms with Gasteiger partial charge in [0.15, 0.2) is 11.5 Å². The summed E-state index contributed by atoms with van der Waals surface area (Å²) >= 11 is 0. The van der Waals surface area contributed by atoms with E-state index in [1.54, 1.807) is 7.11 Å². The first-order valence-electron chi connectivity index (χ1n) is 13.4. The van der Waals surface area contributed by atoms with Gasteiger partial charge in [-0.2, -0.15) is 4.98 Å². The Bertz CT molecular complexity index is 865. The zero-order valence-electron chi connectivity index (χ0n) is 23.4. The zero-order chi connectivity index (χ0) is 26.9. The lowest BCUT2D eigenvalue weighted by Gasteiger charge is -2.16. The first-order chi connectivity index (χ1) is 17.5. The monoisotopic (exact) mass is 502 g/mol. The van der Waals surface area contributed by atoms with Crippen LogP contribution >= 0.6 is 0 Å². The van der Waals surface area contributed by atoms with Crippen molar-refractivity contribution in [2.45, 2.75) is 58.8 Å². The van der Waals surface area contributed by atoms with E-state index in [9.17, 15) is 0 Å². The number of nitrogen functional groups attached to an aromatic ring is 1. The number of anilines is 2. The van der Waals surface area contributed by atoms with E-state index in [0.717, 1.165) is 36.3 Å². The van der Waals surface area contributed by atoms with Gasteiger partial charge in [-0.25, -0.2) is 4.98 Å². The van der Waals surface area contributed by atoms with E-state index in [1.165, 1.54) is 51.6 Å². The molecule has 0 atom stereocenters. The van der Waals surface area contributed by atoms with Gasteiger partial charge >= 0.3 is 0 Å². The first-order valence-corrected chi connectivity index (χ1v) is 13.4. The molecule has 8 nitrogen and oxygen atoms in total. The number of aromatic nitrogens is 2. The van der Waals surface area contributed by atoms with Gasteiger partial charge in [-0.1, -0.05) is 26.7 Å². The number of rotatable bonds is 8. The number of nitrogens with zero attached hydrogens (tertiary/aromatic N) is 4. The number of methoxy groups -OCH3 is 1. The highest BCUT2D eigenvalue weighted by molar-refractivity contribution is 5.91. The van der Waals surface area contributed by atoms with Gasteiger partial charge in [0.05, 0.1) is 19.2 Å². The molecule has 2 aliphatic rings. The number of likely N-dealkylation sites (tertiary alicyclic amines) is 1. The summed E-state index contributed by atoms with van der Waals surface area (Å²) in [6.07, 6.45) is 9.23. The molecule has 0 bridgehead atoms. The maximum atomic E-state index is 6.08. The molecule has 1 aromatic carbocycles. The largest absolute Gasteiger partial charge is 0.493 e. The Morgan fingerprint density at radius 1 is 1.03 bits per heavy atom. The van der Waals surface area contributed by atoms with Crippen molar-refractivity contribution in [3.8, 4) is 11.5 Å². The van der Waals surface area contributed by atoms with Crippen LogP contribution in [0.15, 0.2) is 25.3 Å². The highest BCUT2D eigenvalue weighted by atomic mass is 16.5. The van der Waals surface area contributed by atoms with Gasteiger partial charge in [0.1, 0.15) is 5.82 Å². The minimum Gasteiger partial charge on any atom is -0.493 e. The van der Waals surface area contributed by atoms with Crippen LogP contribution < -0.4 is 25.8 Å². The lowest BCUT2D eigenvalue weighted by atomic mass is 10.1. The average molecular weight is 503 g/mol. The lowest BCUT2D eigenvalue weighted by Crippen LogP contribution is -2.21. The quantitative estimate of drug-likeness (QED) is 0.379. The molecule has 2 fully saturated rings.